The normalized spacial score (nSPS) is 16.5. The molecule has 1 aliphatic rings. The fraction of sp³-hybridized carbons (Fsp3) is 0.357. The van der Waals surface area contributed by atoms with Gasteiger partial charge in [-0.25, -0.2) is 4.98 Å². The number of nitrogens with one attached hydrogen (secondary N) is 2. The van der Waals surface area contributed by atoms with E-state index in [1.165, 1.54) is 6.33 Å². The van der Waals surface area contributed by atoms with Gasteiger partial charge in [0, 0.05) is 25.2 Å². The third kappa shape index (κ3) is 5.20. The first-order valence-electron chi connectivity index (χ1n) is 12.5. The van der Waals surface area contributed by atoms with Crippen molar-refractivity contribution in [1.29, 1.82) is 0 Å². The molecule has 2 heterocycles. The van der Waals surface area contributed by atoms with Crippen molar-refractivity contribution in [2.45, 2.75) is 45.4 Å². The van der Waals surface area contributed by atoms with Gasteiger partial charge >= 0.3 is 0 Å². The first kappa shape index (κ1) is 26.7. The lowest BCUT2D eigenvalue weighted by molar-refractivity contribution is -0.133. The van der Waals surface area contributed by atoms with Crippen molar-refractivity contribution in [3.8, 4) is 11.5 Å². The molecule has 2 aromatic carbocycles. The highest BCUT2D eigenvalue weighted by molar-refractivity contribution is 6.07. The zero-order valence-corrected chi connectivity index (χ0v) is 22.1. The average molecular weight is 520 g/mol. The second-order valence-corrected chi connectivity index (χ2v) is 9.33. The van der Waals surface area contributed by atoms with Crippen LogP contribution in [0, 0.1) is 0 Å². The third-order valence-corrected chi connectivity index (χ3v) is 6.73. The number of nitrogens with zero attached hydrogens (tertiary/aromatic N) is 3. The summed E-state index contributed by atoms with van der Waals surface area (Å²) in [5, 5.41) is 5.80. The van der Waals surface area contributed by atoms with Crippen molar-refractivity contribution in [2.75, 3.05) is 20.8 Å². The van der Waals surface area contributed by atoms with Gasteiger partial charge in [-0.1, -0.05) is 37.3 Å². The Balaban J connectivity index is 1.55. The number of carbonyl (C=O) groups is 3. The van der Waals surface area contributed by atoms with E-state index in [-0.39, 0.29) is 30.4 Å². The van der Waals surface area contributed by atoms with E-state index in [1.807, 2.05) is 37.3 Å². The molecule has 200 valence electrons. The number of ether oxygens (including phenoxy) is 2. The number of benzene rings is 2. The Bertz CT molecular complexity index is 1320. The molecular formula is C28H33N5O5. The molecule has 0 radical (unpaired) electrons. The van der Waals surface area contributed by atoms with Crippen LogP contribution in [0.2, 0.25) is 0 Å². The number of rotatable bonds is 10. The van der Waals surface area contributed by atoms with E-state index >= 15 is 0 Å². The molecule has 10 nitrogen and oxygen atoms in total. The molecule has 38 heavy (non-hydrogen) atoms. The molecule has 3 aromatic rings. The Morgan fingerprint density at radius 3 is 2.50 bits per heavy atom. The number of amides is 3. The van der Waals surface area contributed by atoms with Gasteiger partial charge < -0.3 is 29.6 Å². The van der Waals surface area contributed by atoms with Crippen LogP contribution in [0.5, 0.6) is 11.5 Å². The fourth-order valence-electron chi connectivity index (χ4n) is 4.68. The molecule has 1 aromatic heterocycles. The number of carbonyl (C=O) groups excluding carboxylic acids is 3. The van der Waals surface area contributed by atoms with Crippen LogP contribution in [-0.4, -0.2) is 58.5 Å². The minimum absolute atomic E-state index is 0.0182. The Hall–Kier alpha value is -4.34. The van der Waals surface area contributed by atoms with Crippen LogP contribution >= 0.6 is 0 Å². The number of hydrogen-bond acceptors (Lipinski definition) is 6. The largest absolute Gasteiger partial charge is 0.497 e. The summed E-state index contributed by atoms with van der Waals surface area (Å²) in [6.45, 7) is 4.73. The molecule has 0 fully saturated rings. The molecule has 1 atom stereocenters. The predicted molar refractivity (Wildman–Crippen MR) is 141 cm³/mol. The Morgan fingerprint density at radius 1 is 1.05 bits per heavy atom. The van der Waals surface area contributed by atoms with Crippen LogP contribution in [0.4, 0.5) is 0 Å². The lowest BCUT2D eigenvalue weighted by atomic mass is 9.94. The number of hydrogen-bond donors (Lipinski definition) is 2. The zero-order valence-electron chi connectivity index (χ0n) is 22.1. The first-order chi connectivity index (χ1) is 18.3. The van der Waals surface area contributed by atoms with Crippen molar-refractivity contribution in [3.63, 3.8) is 0 Å². The SMILES string of the molecule is CCCN1C(=O)c2c(C(=O)NCc3cc(OC)ccc3OC)ncn2CC1(C)C(=O)NCc1ccccc1. The highest BCUT2D eigenvalue weighted by Gasteiger charge is 2.48. The van der Waals surface area contributed by atoms with Crippen molar-refractivity contribution < 1.29 is 23.9 Å². The van der Waals surface area contributed by atoms with Crippen molar-refractivity contribution in [1.82, 2.24) is 25.1 Å². The average Bonchev–Trinajstić information content (AvgIpc) is 3.36. The van der Waals surface area contributed by atoms with Crippen LogP contribution in [0.1, 0.15) is 52.4 Å². The molecule has 0 spiro atoms. The first-order valence-corrected chi connectivity index (χ1v) is 12.5. The molecular weight excluding hydrogens is 486 g/mol. The van der Waals surface area contributed by atoms with Crippen LogP contribution in [0.3, 0.4) is 0 Å². The molecule has 1 unspecified atom stereocenters. The molecule has 3 amide bonds. The highest BCUT2D eigenvalue weighted by Crippen LogP contribution is 2.29. The number of imidazole rings is 1. The minimum atomic E-state index is -1.14. The van der Waals surface area contributed by atoms with Crippen LogP contribution in [0.25, 0.3) is 0 Å². The summed E-state index contributed by atoms with van der Waals surface area (Å²) in [6.07, 6.45) is 2.10. The summed E-state index contributed by atoms with van der Waals surface area (Å²) < 4.78 is 12.3. The maximum absolute atomic E-state index is 13.7. The molecule has 0 aliphatic carbocycles. The van der Waals surface area contributed by atoms with E-state index in [0.717, 1.165) is 11.1 Å². The van der Waals surface area contributed by atoms with Gasteiger partial charge in [-0.15, -0.1) is 0 Å². The minimum Gasteiger partial charge on any atom is -0.497 e. The monoisotopic (exact) mass is 519 g/mol. The van der Waals surface area contributed by atoms with Crippen LogP contribution in [-0.2, 0) is 24.4 Å². The quantitative estimate of drug-likeness (QED) is 0.426. The van der Waals surface area contributed by atoms with Gasteiger partial charge in [0.05, 0.1) is 27.1 Å². The standard InChI is InChI=1S/C28H33N5O5/c1-5-13-33-26(35)24-23(25(34)29-16-20-14-21(37-3)11-12-22(20)38-4)31-18-32(24)17-28(33,2)27(36)30-15-19-9-7-6-8-10-19/h6-12,14,18H,5,13,15-17H2,1-4H3,(H,29,34)(H,30,36). The van der Waals surface area contributed by atoms with E-state index < -0.39 is 17.4 Å². The van der Waals surface area contributed by atoms with Crippen LogP contribution in [0.15, 0.2) is 54.9 Å². The summed E-state index contributed by atoms with van der Waals surface area (Å²) in [5.74, 6) is 0.0614. The molecule has 0 bridgehead atoms. The fourth-order valence-corrected chi connectivity index (χ4v) is 4.68. The molecule has 4 rings (SSSR count). The Morgan fingerprint density at radius 2 is 1.82 bits per heavy atom. The summed E-state index contributed by atoms with van der Waals surface area (Å²) >= 11 is 0. The van der Waals surface area contributed by atoms with Gasteiger partial charge in [-0.05, 0) is 37.1 Å². The highest BCUT2D eigenvalue weighted by atomic mass is 16.5. The van der Waals surface area contributed by atoms with Crippen molar-refractivity contribution >= 4 is 17.7 Å². The number of aromatic nitrogens is 2. The molecule has 2 N–H and O–H groups in total. The van der Waals surface area contributed by atoms with E-state index in [0.29, 0.717) is 31.0 Å². The number of methoxy groups -OCH3 is 2. The second-order valence-electron chi connectivity index (χ2n) is 9.33. The van der Waals surface area contributed by atoms with Gasteiger partial charge in [-0.2, -0.15) is 0 Å². The summed E-state index contributed by atoms with van der Waals surface area (Å²) in [5.41, 5.74) is 0.724. The maximum atomic E-state index is 13.7. The summed E-state index contributed by atoms with van der Waals surface area (Å²) in [7, 11) is 3.11. The van der Waals surface area contributed by atoms with E-state index in [4.69, 9.17) is 9.47 Å². The lowest BCUT2D eigenvalue weighted by Gasteiger charge is -2.43. The predicted octanol–water partition coefficient (Wildman–Crippen LogP) is 2.77. The van der Waals surface area contributed by atoms with Crippen molar-refractivity contribution in [2.24, 2.45) is 0 Å². The van der Waals surface area contributed by atoms with Crippen LogP contribution < -0.4 is 20.1 Å². The Labute approximate surface area is 221 Å². The van der Waals surface area contributed by atoms with E-state index in [2.05, 4.69) is 15.6 Å². The van der Waals surface area contributed by atoms with Gasteiger partial charge in [0.2, 0.25) is 5.91 Å². The molecule has 1 aliphatic heterocycles. The van der Waals surface area contributed by atoms with E-state index in [9.17, 15) is 14.4 Å². The lowest BCUT2D eigenvalue weighted by Crippen LogP contribution is -2.64. The molecule has 10 heteroatoms. The van der Waals surface area contributed by atoms with Crippen molar-refractivity contribution in [3.05, 3.63) is 77.4 Å². The number of fused-ring (bicyclic) bond motifs is 1. The second kappa shape index (κ2) is 11.4. The van der Waals surface area contributed by atoms with Gasteiger partial charge in [0.25, 0.3) is 11.8 Å². The smallest absolute Gasteiger partial charge is 0.273 e. The summed E-state index contributed by atoms with van der Waals surface area (Å²) in [4.78, 5) is 46.1. The maximum Gasteiger partial charge on any atom is 0.273 e. The van der Waals surface area contributed by atoms with E-state index in [1.54, 1.807) is 48.8 Å². The van der Waals surface area contributed by atoms with Gasteiger partial charge in [-0.3, -0.25) is 14.4 Å². The Kier molecular flexibility index (Phi) is 7.99. The molecule has 0 saturated heterocycles. The summed E-state index contributed by atoms with van der Waals surface area (Å²) in [6, 6.07) is 14.9. The van der Waals surface area contributed by atoms with Gasteiger partial charge in [0.15, 0.2) is 5.69 Å². The van der Waals surface area contributed by atoms with Gasteiger partial charge in [0.1, 0.15) is 22.7 Å². The topological polar surface area (TPSA) is 115 Å². The third-order valence-electron chi connectivity index (χ3n) is 6.73. The zero-order chi connectivity index (χ0) is 27.3. The molecule has 0 saturated carbocycles.